The van der Waals surface area contributed by atoms with Crippen LogP contribution < -0.4 is 0 Å². The SMILES string of the molecule is CC(=O)c1ccc(S(=O)(=O)N2CCC[C@H](C(=O)c3ccc4c5c(cccc35)CC4)C2)cc1. The van der Waals surface area contributed by atoms with Crippen molar-refractivity contribution in [1.29, 1.82) is 0 Å². The second-order valence-corrected chi connectivity index (χ2v) is 10.7. The van der Waals surface area contributed by atoms with Gasteiger partial charge < -0.3 is 0 Å². The van der Waals surface area contributed by atoms with Gasteiger partial charge in [-0.25, -0.2) is 8.42 Å². The number of piperidine rings is 1. The first-order valence-electron chi connectivity index (χ1n) is 11.0. The summed E-state index contributed by atoms with van der Waals surface area (Å²) in [6.07, 6.45) is 3.32. The Morgan fingerprint density at radius 1 is 0.938 bits per heavy atom. The van der Waals surface area contributed by atoms with Gasteiger partial charge in [-0.3, -0.25) is 9.59 Å². The molecule has 1 saturated heterocycles. The lowest BCUT2D eigenvalue weighted by atomic mass is 9.88. The van der Waals surface area contributed by atoms with Crippen molar-refractivity contribution in [3.63, 3.8) is 0 Å². The molecule has 164 valence electrons. The molecule has 3 aromatic carbocycles. The number of hydrogen-bond acceptors (Lipinski definition) is 4. The molecule has 2 aliphatic rings. The fraction of sp³-hybridized carbons (Fsp3) is 0.308. The molecular weight excluding hydrogens is 422 g/mol. The van der Waals surface area contributed by atoms with Gasteiger partial charge in [0.1, 0.15) is 0 Å². The lowest BCUT2D eigenvalue weighted by Crippen LogP contribution is -2.42. The van der Waals surface area contributed by atoms with Gasteiger partial charge >= 0.3 is 0 Å². The summed E-state index contributed by atoms with van der Waals surface area (Å²) in [5, 5.41) is 2.19. The van der Waals surface area contributed by atoms with E-state index in [0.29, 0.717) is 30.5 Å². The van der Waals surface area contributed by atoms with Crippen LogP contribution in [0.5, 0.6) is 0 Å². The van der Waals surface area contributed by atoms with Crippen molar-refractivity contribution in [2.45, 2.75) is 37.5 Å². The average molecular weight is 448 g/mol. The molecule has 1 fully saturated rings. The Kier molecular flexibility index (Phi) is 5.22. The van der Waals surface area contributed by atoms with Crippen LogP contribution in [0.4, 0.5) is 0 Å². The smallest absolute Gasteiger partial charge is 0.243 e. The maximum atomic E-state index is 13.5. The number of benzene rings is 3. The molecule has 6 heteroatoms. The van der Waals surface area contributed by atoms with Gasteiger partial charge in [0.25, 0.3) is 0 Å². The first-order valence-corrected chi connectivity index (χ1v) is 12.5. The zero-order valence-corrected chi connectivity index (χ0v) is 18.8. The van der Waals surface area contributed by atoms with Crippen LogP contribution in [-0.2, 0) is 22.9 Å². The zero-order valence-electron chi connectivity index (χ0n) is 18.0. The normalized spacial score (nSPS) is 18.7. The summed E-state index contributed by atoms with van der Waals surface area (Å²) >= 11 is 0. The average Bonchev–Trinajstić information content (AvgIpc) is 3.24. The Bertz CT molecular complexity index is 1330. The van der Waals surface area contributed by atoms with E-state index in [1.807, 2.05) is 18.2 Å². The van der Waals surface area contributed by atoms with Gasteiger partial charge in [-0.15, -0.1) is 0 Å². The fourth-order valence-electron chi connectivity index (χ4n) is 5.07. The lowest BCUT2D eigenvalue weighted by Gasteiger charge is -2.31. The van der Waals surface area contributed by atoms with E-state index >= 15 is 0 Å². The van der Waals surface area contributed by atoms with Crippen molar-refractivity contribution in [3.05, 3.63) is 76.9 Å². The van der Waals surface area contributed by atoms with Gasteiger partial charge in [-0.05, 0) is 66.6 Å². The molecule has 0 N–H and O–H groups in total. The van der Waals surface area contributed by atoms with Crippen LogP contribution >= 0.6 is 0 Å². The standard InChI is InChI=1S/C26H25NO4S/c1-17(28)18-9-12-22(13-10-18)32(30,31)27-15-3-5-21(16-27)26(29)24-14-11-20-8-7-19-4-2-6-23(24)25(19)20/h2,4,6,9-14,21H,3,5,7-8,15-16H2,1H3/t21-/m0/s1. The number of carbonyl (C=O) groups is 2. The van der Waals surface area contributed by atoms with E-state index in [4.69, 9.17) is 0 Å². The molecule has 1 atom stereocenters. The van der Waals surface area contributed by atoms with Gasteiger partial charge in [-0.2, -0.15) is 4.31 Å². The predicted molar refractivity (Wildman–Crippen MR) is 124 cm³/mol. The molecular formula is C26H25NO4S. The molecule has 1 aliphatic heterocycles. The molecule has 32 heavy (non-hydrogen) atoms. The Hall–Kier alpha value is -2.83. The van der Waals surface area contributed by atoms with Crippen molar-refractivity contribution in [2.24, 2.45) is 5.92 Å². The number of rotatable bonds is 5. The molecule has 0 unspecified atom stereocenters. The van der Waals surface area contributed by atoms with Crippen LogP contribution in [0.1, 0.15) is 51.6 Å². The highest BCUT2D eigenvalue weighted by Gasteiger charge is 2.34. The minimum atomic E-state index is -3.73. The Morgan fingerprint density at radius 2 is 1.66 bits per heavy atom. The van der Waals surface area contributed by atoms with Gasteiger partial charge in [0, 0.05) is 30.1 Å². The monoisotopic (exact) mass is 447 g/mol. The van der Waals surface area contributed by atoms with E-state index in [2.05, 4.69) is 12.1 Å². The number of ketones is 2. The van der Waals surface area contributed by atoms with Gasteiger partial charge in [-0.1, -0.05) is 42.5 Å². The number of hydrogen-bond donors (Lipinski definition) is 0. The molecule has 0 aromatic heterocycles. The zero-order chi connectivity index (χ0) is 22.5. The first-order chi connectivity index (χ1) is 15.4. The number of carbonyl (C=O) groups excluding carboxylic acids is 2. The summed E-state index contributed by atoms with van der Waals surface area (Å²) in [4.78, 5) is 25.2. The number of aryl methyl sites for hydroxylation is 2. The van der Waals surface area contributed by atoms with Crippen LogP contribution in [0.3, 0.4) is 0 Å². The van der Waals surface area contributed by atoms with Crippen molar-refractivity contribution in [3.8, 4) is 0 Å². The molecule has 1 aliphatic carbocycles. The van der Waals surface area contributed by atoms with Crippen LogP contribution in [0.25, 0.3) is 10.8 Å². The van der Waals surface area contributed by atoms with Crippen LogP contribution in [0.15, 0.2) is 59.5 Å². The molecule has 3 aromatic rings. The third-order valence-corrected chi connectivity index (χ3v) is 8.68. The topological polar surface area (TPSA) is 71.5 Å². The van der Waals surface area contributed by atoms with Crippen molar-refractivity contribution < 1.29 is 18.0 Å². The van der Waals surface area contributed by atoms with Gasteiger partial charge in [0.2, 0.25) is 10.0 Å². The third kappa shape index (κ3) is 3.48. The van der Waals surface area contributed by atoms with Gasteiger partial charge in [0.05, 0.1) is 4.90 Å². The van der Waals surface area contributed by atoms with Crippen molar-refractivity contribution in [2.75, 3.05) is 13.1 Å². The highest BCUT2D eigenvalue weighted by molar-refractivity contribution is 7.89. The Balaban J connectivity index is 1.43. The molecule has 0 bridgehead atoms. The van der Waals surface area contributed by atoms with Crippen LogP contribution in [0.2, 0.25) is 0 Å². The molecule has 0 amide bonds. The summed E-state index contributed by atoms with van der Waals surface area (Å²) in [5.41, 5.74) is 3.74. The predicted octanol–water partition coefficient (Wildman–Crippen LogP) is 4.42. The molecule has 0 saturated carbocycles. The summed E-state index contributed by atoms with van der Waals surface area (Å²) in [7, 11) is -3.73. The maximum absolute atomic E-state index is 13.5. The summed E-state index contributed by atoms with van der Waals surface area (Å²) < 4.78 is 27.8. The molecule has 5 nitrogen and oxygen atoms in total. The molecule has 0 spiro atoms. The highest BCUT2D eigenvalue weighted by atomic mass is 32.2. The number of Topliss-reactive ketones (excluding diaryl/α,β-unsaturated/α-hetero) is 2. The first kappa shape index (κ1) is 21.0. The number of nitrogens with zero attached hydrogens (tertiary/aromatic N) is 1. The summed E-state index contributed by atoms with van der Waals surface area (Å²) in [6, 6.07) is 16.1. The quantitative estimate of drug-likeness (QED) is 0.543. The van der Waals surface area contributed by atoms with E-state index in [1.165, 1.54) is 52.0 Å². The number of sulfonamides is 1. The van der Waals surface area contributed by atoms with Crippen LogP contribution in [0, 0.1) is 5.92 Å². The lowest BCUT2D eigenvalue weighted by molar-refractivity contribution is 0.0873. The third-order valence-electron chi connectivity index (χ3n) is 6.80. The minimum Gasteiger partial charge on any atom is -0.295 e. The van der Waals surface area contributed by atoms with E-state index < -0.39 is 10.0 Å². The van der Waals surface area contributed by atoms with E-state index in [0.717, 1.165) is 18.2 Å². The minimum absolute atomic E-state index is 0.0208. The van der Waals surface area contributed by atoms with E-state index in [1.54, 1.807) is 0 Å². The maximum Gasteiger partial charge on any atom is 0.243 e. The highest BCUT2D eigenvalue weighted by Crippen LogP contribution is 2.35. The van der Waals surface area contributed by atoms with E-state index in [9.17, 15) is 18.0 Å². The Labute approximate surface area is 188 Å². The summed E-state index contributed by atoms with van der Waals surface area (Å²) in [6.45, 7) is 2.02. The largest absolute Gasteiger partial charge is 0.295 e. The second-order valence-electron chi connectivity index (χ2n) is 8.76. The van der Waals surface area contributed by atoms with Crippen LogP contribution in [-0.4, -0.2) is 37.4 Å². The fourth-order valence-corrected chi connectivity index (χ4v) is 6.59. The molecule has 1 heterocycles. The second kappa shape index (κ2) is 7.94. The molecule has 5 rings (SSSR count). The van der Waals surface area contributed by atoms with Crippen molar-refractivity contribution in [1.82, 2.24) is 4.31 Å². The van der Waals surface area contributed by atoms with Gasteiger partial charge in [0.15, 0.2) is 11.6 Å². The van der Waals surface area contributed by atoms with Crippen molar-refractivity contribution >= 4 is 32.4 Å². The Morgan fingerprint density at radius 3 is 2.38 bits per heavy atom. The summed E-state index contributed by atoms with van der Waals surface area (Å²) in [5.74, 6) is -0.455. The molecule has 0 radical (unpaired) electrons. The van der Waals surface area contributed by atoms with E-state index in [-0.39, 0.29) is 28.9 Å².